The van der Waals surface area contributed by atoms with E-state index in [0.717, 1.165) is 50.0 Å². The van der Waals surface area contributed by atoms with Gasteiger partial charge in [0.1, 0.15) is 11.0 Å². The van der Waals surface area contributed by atoms with Crippen LogP contribution in [0.3, 0.4) is 0 Å². The zero-order valence-corrected chi connectivity index (χ0v) is 28.3. The normalized spacial score (nSPS) is 13.5. The molecule has 4 heteroatoms. The van der Waals surface area contributed by atoms with Gasteiger partial charge in [0.2, 0.25) is 0 Å². The molecular formula is C47H32N4. The Morgan fingerprint density at radius 1 is 0.510 bits per heavy atom. The highest BCUT2D eigenvalue weighted by atomic mass is 15.1. The first-order valence-corrected chi connectivity index (χ1v) is 17.6. The van der Waals surface area contributed by atoms with E-state index in [1.807, 2.05) is 6.07 Å². The second kappa shape index (κ2) is 10.3. The van der Waals surface area contributed by atoms with Crippen molar-refractivity contribution in [2.45, 2.75) is 19.3 Å². The topological polar surface area (TPSA) is 35.6 Å². The monoisotopic (exact) mass is 652 g/mol. The van der Waals surface area contributed by atoms with Crippen LogP contribution in [0.2, 0.25) is 0 Å². The van der Waals surface area contributed by atoms with Crippen molar-refractivity contribution < 1.29 is 0 Å². The molecule has 240 valence electrons. The Morgan fingerprint density at radius 3 is 2.02 bits per heavy atom. The van der Waals surface area contributed by atoms with Crippen LogP contribution in [0.1, 0.15) is 25.0 Å². The van der Waals surface area contributed by atoms with Crippen LogP contribution in [0.5, 0.6) is 0 Å². The Kier molecular flexibility index (Phi) is 5.70. The van der Waals surface area contributed by atoms with E-state index in [-0.39, 0.29) is 5.41 Å². The van der Waals surface area contributed by atoms with Crippen LogP contribution >= 0.6 is 0 Å². The number of aromatic nitrogens is 4. The van der Waals surface area contributed by atoms with E-state index in [9.17, 15) is 0 Å². The average Bonchev–Trinajstić information content (AvgIpc) is 3.77. The fourth-order valence-electron chi connectivity index (χ4n) is 8.84. The number of rotatable bonds is 3. The molecule has 0 amide bonds. The molecule has 0 unspecified atom stereocenters. The first kappa shape index (κ1) is 28.3. The highest BCUT2D eigenvalue weighted by molar-refractivity contribution is 6.17. The Morgan fingerprint density at radius 2 is 1.20 bits per heavy atom. The third kappa shape index (κ3) is 3.85. The predicted molar refractivity (Wildman–Crippen MR) is 211 cm³/mol. The molecule has 0 atom stereocenters. The van der Waals surface area contributed by atoms with E-state index in [0.29, 0.717) is 5.82 Å². The van der Waals surface area contributed by atoms with Crippen molar-refractivity contribution in [3.63, 3.8) is 0 Å². The summed E-state index contributed by atoms with van der Waals surface area (Å²) in [7, 11) is 0. The van der Waals surface area contributed by atoms with Gasteiger partial charge in [0.05, 0.1) is 16.6 Å². The van der Waals surface area contributed by atoms with Gasteiger partial charge in [-0.3, -0.25) is 4.57 Å². The Balaban J connectivity index is 1.36. The van der Waals surface area contributed by atoms with Crippen molar-refractivity contribution in [2.75, 3.05) is 0 Å². The predicted octanol–water partition coefficient (Wildman–Crippen LogP) is 11.8. The molecule has 3 aromatic heterocycles. The summed E-state index contributed by atoms with van der Waals surface area (Å²) >= 11 is 0. The summed E-state index contributed by atoms with van der Waals surface area (Å²) in [5.41, 5.74) is 12.6. The first-order valence-electron chi connectivity index (χ1n) is 17.6. The van der Waals surface area contributed by atoms with Crippen LogP contribution in [0.15, 0.2) is 158 Å². The molecule has 0 N–H and O–H groups in total. The lowest BCUT2D eigenvalue weighted by molar-refractivity contribution is 0.666. The summed E-state index contributed by atoms with van der Waals surface area (Å²) in [6, 6.07) is 56.6. The summed E-state index contributed by atoms with van der Waals surface area (Å²) in [5, 5.41) is 5.99. The fourth-order valence-corrected chi connectivity index (χ4v) is 8.84. The number of nitrogens with zero attached hydrogens (tertiary/aromatic N) is 4. The number of hydrogen-bond donors (Lipinski definition) is 0. The van der Waals surface area contributed by atoms with E-state index < -0.39 is 0 Å². The Bertz CT molecular complexity index is 3040. The van der Waals surface area contributed by atoms with Crippen LogP contribution in [0.25, 0.3) is 88.5 Å². The molecule has 11 rings (SSSR count). The van der Waals surface area contributed by atoms with Gasteiger partial charge in [-0.2, -0.15) is 0 Å². The molecule has 0 saturated heterocycles. The minimum Gasteiger partial charge on any atom is -0.305 e. The van der Waals surface area contributed by atoms with E-state index in [1.165, 1.54) is 43.8 Å². The lowest BCUT2D eigenvalue weighted by Crippen LogP contribution is -2.15. The largest absolute Gasteiger partial charge is 0.305 e. The fraction of sp³-hybridized carbons (Fsp3) is 0.0638. The number of hydrogen-bond acceptors (Lipinski definition) is 2. The summed E-state index contributed by atoms with van der Waals surface area (Å²) in [4.78, 5) is 11.0. The standard InChI is InChI=1S/C47H32N4/c1-47(2)37-23-13-11-21-33(37)34-25-26-39-41(42(34)47)35-22-12-14-24-38(35)51(39)46-44-43(48-45(49-46)29-15-5-3-6-16-29)36-27-30-17-9-10-18-31(30)28-40(36)50(44)32-19-7-4-8-20-32/h3-28H,1-2H3. The molecule has 7 aromatic carbocycles. The van der Waals surface area contributed by atoms with Crippen LogP contribution in [0.4, 0.5) is 0 Å². The first-order chi connectivity index (χ1) is 25.1. The van der Waals surface area contributed by atoms with E-state index in [2.05, 4.69) is 175 Å². The smallest absolute Gasteiger partial charge is 0.166 e. The van der Waals surface area contributed by atoms with Crippen LogP contribution in [-0.2, 0) is 5.41 Å². The van der Waals surface area contributed by atoms with Gasteiger partial charge in [-0.1, -0.05) is 135 Å². The highest BCUT2D eigenvalue weighted by Gasteiger charge is 2.38. The molecule has 1 aliphatic carbocycles. The van der Waals surface area contributed by atoms with Gasteiger partial charge in [-0.15, -0.1) is 0 Å². The molecule has 1 aliphatic rings. The molecule has 4 nitrogen and oxygen atoms in total. The van der Waals surface area contributed by atoms with E-state index in [4.69, 9.17) is 9.97 Å². The van der Waals surface area contributed by atoms with Crippen LogP contribution in [0, 0.1) is 0 Å². The van der Waals surface area contributed by atoms with Crippen molar-refractivity contribution in [1.29, 1.82) is 0 Å². The molecule has 0 aliphatic heterocycles. The van der Waals surface area contributed by atoms with Gasteiger partial charge in [0.25, 0.3) is 0 Å². The van der Waals surface area contributed by atoms with Gasteiger partial charge in [0, 0.05) is 32.8 Å². The van der Waals surface area contributed by atoms with E-state index in [1.54, 1.807) is 0 Å². The molecule has 10 aromatic rings. The third-order valence-electron chi connectivity index (χ3n) is 11.1. The molecule has 0 bridgehead atoms. The maximum atomic E-state index is 5.57. The second-order valence-corrected chi connectivity index (χ2v) is 14.2. The Labute approximate surface area is 294 Å². The SMILES string of the molecule is CC1(C)c2ccccc2-c2ccc3c(c21)c1ccccc1n3-c1nc(-c2ccccc2)nc2c3cc4ccccc4cc3n(-c3ccccc3)c12. The van der Waals surface area contributed by atoms with Gasteiger partial charge in [-0.05, 0) is 69.4 Å². The van der Waals surface area contributed by atoms with Crippen molar-refractivity contribution in [3.05, 3.63) is 169 Å². The van der Waals surface area contributed by atoms with Crippen molar-refractivity contribution >= 4 is 54.5 Å². The van der Waals surface area contributed by atoms with Gasteiger partial charge in [0.15, 0.2) is 11.6 Å². The molecule has 0 saturated carbocycles. The molecule has 0 radical (unpaired) electrons. The zero-order valence-electron chi connectivity index (χ0n) is 28.3. The quantitative estimate of drug-likeness (QED) is 0.190. The van der Waals surface area contributed by atoms with Gasteiger partial charge >= 0.3 is 0 Å². The van der Waals surface area contributed by atoms with Crippen LogP contribution in [-0.4, -0.2) is 19.1 Å². The number of fused-ring (bicyclic) bond motifs is 11. The summed E-state index contributed by atoms with van der Waals surface area (Å²) in [5.74, 6) is 1.57. The summed E-state index contributed by atoms with van der Waals surface area (Å²) in [6.45, 7) is 4.75. The van der Waals surface area contributed by atoms with Crippen molar-refractivity contribution in [2.24, 2.45) is 0 Å². The Hall–Kier alpha value is -6.52. The minimum absolute atomic E-state index is 0.171. The minimum atomic E-state index is -0.171. The second-order valence-electron chi connectivity index (χ2n) is 14.2. The maximum Gasteiger partial charge on any atom is 0.166 e. The van der Waals surface area contributed by atoms with Crippen molar-refractivity contribution in [1.82, 2.24) is 19.1 Å². The number of benzene rings is 7. The van der Waals surface area contributed by atoms with Crippen LogP contribution < -0.4 is 0 Å². The van der Waals surface area contributed by atoms with E-state index >= 15 is 0 Å². The van der Waals surface area contributed by atoms with Gasteiger partial charge in [-0.25, -0.2) is 9.97 Å². The highest BCUT2D eigenvalue weighted by Crippen LogP contribution is 2.53. The zero-order chi connectivity index (χ0) is 33.8. The third-order valence-corrected chi connectivity index (χ3v) is 11.1. The molecule has 0 spiro atoms. The maximum absolute atomic E-state index is 5.57. The average molecular weight is 653 g/mol. The van der Waals surface area contributed by atoms with Gasteiger partial charge < -0.3 is 4.57 Å². The summed E-state index contributed by atoms with van der Waals surface area (Å²) in [6.07, 6.45) is 0. The molecule has 3 heterocycles. The molecule has 51 heavy (non-hydrogen) atoms. The number of para-hydroxylation sites is 2. The lowest BCUT2D eigenvalue weighted by Gasteiger charge is -2.22. The lowest BCUT2D eigenvalue weighted by atomic mass is 9.80. The molecule has 0 fully saturated rings. The summed E-state index contributed by atoms with van der Waals surface area (Å²) < 4.78 is 4.77. The molecular weight excluding hydrogens is 621 g/mol. The van der Waals surface area contributed by atoms with Crippen molar-refractivity contribution in [3.8, 4) is 34.0 Å².